The van der Waals surface area contributed by atoms with Crippen molar-refractivity contribution < 1.29 is 14.6 Å². The summed E-state index contributed by atoms with van der Waals surface area (Å²) in [4.78, 5) is 0. The van der Waals surface area contributed by atoms with E-state index in [1.54, 1.807) is 7.11 Å². The molecule has 4 nitrogen and oxygen atoms in total. The molecule has 4 heteroatoms. The standard InChI is InChI=1S/C11H15NO3/c1-14-9-5-7-3-4-12-6-8(7)10(13)11(9)15-2/h5,12-13H,3-4,6H2,1-2H3. The number of phenolic OH excluding ortho intramolecular Hbond substituents is 1. The minimum atomic E-state index is 0.194. The number of ether oxygens (including phenoxy) is 2. The Labute approximate surface area is 88.8 Å². The molecule has 15 heavy (non-hydrogen) atoms. The van der Waals surface area contributed by atoms with Gasteiger partial charge >= 0.3 is 0 Å². The van der Waals surface area contributed by atoms with Gasteiger partial charge in [0.25, 0.3) is 0 Å². The summed E-state index contributed by atoms with van der Waals surface area (Å²) in [6.07, 6.45) is 0.906. The van der Waals surface area contributed by atoms with Crippen LogP contribution in [0.5, 0.6) is 17.2 Å². The minimum Gasteiger partial charge on any atom is -0.504 e. The van der Waals surface area contributed by atoms with E-state index in [9.17, 15) is 5.11 Å². The van der Waals surface area contributed by atoms with Crippen LogP contribution in [0.25, 0.3) is 0 Å². The van der Waals surface area contributed by atoms with Crippen molar-refractivity contribution in [3.8, 4) is 17.2 Å². The van der Waals surface area contributed by atoms with Crippen molar-refractivity contribution in [1.29, 1.82) is 0 Å². The zero-order valence-electron chi connectivity index (χ0n) is 8.96. The van der Waals surface area contributed by atoms with Crippen molar-refractivity contribution in [2.75, 3.05) is 20.8 Å². The molecule has 1 aliphatic rings. The number of phenols is 1. The van der Waals surface area contributed by atoms with Crippen LogP contribution in [-0.4, -0.2) is 25.9 Å². The van der Waals surface area contributed by atoms with Crippen molar-refractivity contribution in [1.82, 2.24) is 5.32 Å². The van der Waals surface area contributed by atoms with Crippen molar-refractivity contribution in [3.05, 3.63) is 17.2 Å². The van der Waals surface area contributed by atoms with Gasteiger partial charge in [0, 0.05) is 12.1 Å². The summed E-state index contributed by atoms with van der Waals surface area (Å²) in [6, 6.07) is 1.94. The highest BCUT2D eigenvalue weighted by Gasteiger charge is 2.20. The second-order valence-electron chi connectivity index (χ2n) is 3.53. The summed E-state index contributed by atoms with van der Waals surface area (Å²) in [5, 5.41) is 13.2. The molecule has 0 radical (unpaired) electrons. The van der Waals surface area contributed by atoms with Crippen molar-refractivity contribution >= 4 is 0 Å². The first-order chi connectivity index (χ1) is 7.27. The van der Waals surface area contributed by atoms with E-state index in [1.165, 1.54) is 7.11 Å². The van der Waals surface area contributed by atoms with Gasteiger partial charge in [0.05, 0.1) is 14.2 Å². The molecule has 2 N–H and O–H groups in total. The molecule has 0 amide bonds. The number of aromatic hydroxyl groups is 1. The highest BCUT2D eigenvalue weighted by molar-refractivity contribution is 5.58. The number of rotatable bonds is 2. The van der Waals surface area contributed by atoms with Gasteiger partial charge in [-0.25, -0.2) is 0 Å². The first-order valence-electron chi connectivity index (χ1n) is 4.94. The van der Waals surface area contributed by atoms with Crippen molar-refractivity contribution in [2.24, 2.45) is 0 Å². The quantitative estimate of drug-likeness (QED) is 0.764. The SMILES string of the molecule is COc1cc2c(c(O)c1OC)CNCC2. The molecule has 1 aromatic rings. The van der Waals surface area contributed by atoms with E-state index in [0.29, 0.717) is 18.0 Å². The smallest absolute Gasteiger partial charge is 0.203 e. The summed E-state index contributed by atoms with van der Waals surface area (Å²) in [6.45, 7) is 1.61. The Morgan fingerprint density at radius 2 is 2.13 bits per heavy atom. The van der Waals surface area contributed by atoms with Gasteiger partial charge < -0.3 is 19.9 Å². The van der Waals surface area contributed by atoms with Gasteiger partial charge in [0.2, 0.25) is 5.75 Å². The molecule has 0 unspecified atom stereocenters. The minimum absolute atomic E-state index is 0.194. The van der Waals surface area contributed by atoms with Gasteiger partial charge in [-0.2, -0.15) is 0 Å². The third-order valence-electron chi connectivity index (χ3n) is 2.71. The predicted octanol–water partition coefficient (Wildman–Crippen LogP) is 1.06. The van der Waals surface area contributed by atoms with Crippen LogP contribution in [0.15, 0.2) is 6.07 Å². The first kappa shape index (κ1) is 10.1. The summed E-state index contributed by atoms with van der Waals surface area (Å²) >= 11 is 0. The maximum absolute atomic E-state index is 10.0. The summed E-state index contributed by atoms with van der Waals surface area (Å²) < 4.78 is 10.3. The molecule has 0 saturated heterocycles. The Morgan fingerprint density at radius 1 is 1.33 bits per heavy atom. The van der Waals surface area contributed by atoms with E-state index in [-0.39, 0.29) is 5.75 Å². The Bertz CT molecular complexity index is 362. The summed E-state index contributed by atoms with van der Waals surface area (Å²) in [7, 11) is 3.10. The van der Waals surface area contributed by atoms with Gasteiger partial charge in [-0.3, -0.25) is 0 Å². The molecule has 0 aromatic heterocycles. The molecule has 2 rings (SSSR count). The lowest BCUT2D eigenvalue weighted by molar-refractivity contribution is 0.329. The molecule has 0 saturated carbocycles. The number of nitrogens with one attached hydrogen (secondary N) is 1. The van der Waals surface area contributed by atoms with E-state index in [4.69, 9.17) is 9.47 Å². The van der Waals surface area contributed by atoms with Crippen LogP contribution >= 0.6 is 0 Å². The second kappa shape index (κ2) is 3.98. The van der Waals surface area contributed by atoms with E-state index >= 15 is 0 Å². The van der Waals surface area contributed by atoms with Crippen LogP contribution in [0, 0.1) is 0 Å². The second-order valence-corrected chi connectivity index (χ2v) is 3.53. The number of hydrogen-bond donors (Lipinski definition) is 2. The van der Waals surface area contributed by atoms with Crippen LogP contribution < -0.4 is 14.8 Å². The predicted molar refractivity (Wildman–Crippen MR) is 56.6 cm³/mol. The van der Waals surface area contributed by atoms with Crippen molar-refractivity contribution in [3.63, 3.8) is 0 Å². The third-order valence-corrected chi connectivity index (χ3v) is 2.71. The molecule has 0 atom stereocenters. The average Bonchev–Trinajstić information content (AvgIpc) is 2.29. The lowest BCUT2D eigenvalue weighted by atomic mass is 9.99. The van der Waals surface area contributed by atoms with Crippen LogP contribution in [-0.2, 0) is 13.0 Å². The van der Waals surface area contributed by atoms with E-state index in [0.717, 1.165) is 24.1 Å². The monoisotopic (exact) mass is 209 g/mol. The molecular weight excluding hydrogens is 194 g/mol. The van der Waals surface area contributed by atoms with Crippen LogP contribution in [0.4, 0.5) is 0 Å². The Hall–Kier alpha value is -1.42. The molecule has 1 heterocycles. The lowest BCUT2D eigenvalue weighted by Gasteiger charge is -2.21. The van der Waals surface area contributed by atoms with E-state index in [1.807, 2.05) is 6.07 Å². The maximum Gasteiger partial charge on any atom is 0.203 e. The molecule has 1 aromatic carbocycles. The number of methoxy groups -OCH3 is 2. The van der Waals surface area contributed by atoms with Gasteiger partial charge in [0.1, 0.15) is 0 Å². The van der Waals surface area contributed by atoms with Crippen LogP contribution in [0.3, 0.4) is 0 Å². The molecule has 0 spiro atoms. The Kier molecular flexibility index (Phi) is 2.68. The largest absolute Gasteiger partial charge is 0.504 e. The first-order valence-corrected chi connectivity index (χ1v) is 4.94. The average molecular weight is 209 g/mol. The topological polar surface area (TPSA) is 50.7 Å². The Morgan fingerprint density at radius 3 is 2.80 bits per heavy atom. The number of benzene rings is 1. The van der Waals surface area contributed by atoms with Gasteiger partial charge in [0.15, 0.2) is 11.5 Å². The van der Waals surface area contributed by atoms with Crippen LogP contribution in [0.2, 0.25) is 0 Å². The fraction of sp³-hybridized carbons (Fsp3) is 0.455. The molecule has 82 valence electrons. The zero-order valence-corrected chi connectivity index (χ0v) is 8.96. The fourth-order valence-corrected chi connectivity index (χ4v) is 1.92. The molecule has 0 bridgehead atoms. The third kappa shape index (κ3) is 1.61. The zero-order chi connectivity index (χ0) is 10.8. The van der Waals surface area contributed by atoms with E-state index < -0.39 is 0 Å². The highest BCUT2D eigenvalue weighted by Crippen LogP contribution is 2.41. The lowest BCUT2D eigenvalue weighted by Crippen LogP contribution is -2.23. The van der Waals surface area contributed by atoms with Gasteiger partial charge in [-0.15, -0.1) is 0 Å². The number of hydrogen-bond acceptors (Lipinski definition) is 4. The summed E-state index contributed by atoms with van der Waals surface area (Å²) in [5.41, 5.74) is 2.04. The van der Waals surface area contributed by atoms with Crippen molar-refractivity contribution in [2.45, 2.75) is 13.0 Å². The fourth-order valence-electron chi connectivity index (χ4n) is 1.92. The Balaban J connectivity index is 2.57. The molecule has 0 aliphatic carbocycles. The number of fused-ring (bicyclic) bond motifs is 1. The normalized spacial score (nSPS) is 14.5. The summed E-state index contributed by atoms with van der Waals surface area (Å²) in [5.74, 6) is 1.20. The van der Waals surface area contributed by atoms with E-state index in [2.05, 4.69) is 5.32 Å². The molecule has 0 fully saturated rings. The molecular formula is C11H15NO3. The van der Waals surface area contributed by atoms with Crippen LogP contribution in [0.1, 0.15) is 11.1 Å². The van der Waals surface area contributed by atoms with Gasteiger partial charge in [-0.05, 0) is 24.6 Å². The van der Waals surface area contributed by atoms with Gasteiger partial charge in [-0.1, -0.05) is 0 Å². The maximum atomic E-state index is 10.0. The highest BCUT2D eigenvalue weighted by atomic mass is 16.5. The molecule has 1 aliphatic heterocycles.